The molecule has 1 saturated carbocycles. The molecule has 1 aliphatic carbocycles. The monoisotopic (exact) mass is 351 g/mol. The maximum Gasteiger partial charge on any atom is 0.227 e. The van der Waals surface area contributed by atoms with Crippen LogP contribution in [-0.4, -0.2) is 32.3 Å². The number of fused-ring (bicyclic) bond motifs is 1. The van der Waals surface area contributed by atoms with Crippen LogP contribution in [-0.2, 0) is 6.54 Å². The fourth-order valence-corrected chi connectivity index (χ4v) is 4.61. The van der Waals surface area contributed by atoms with Crippen LogP contribution in [0, 0.1) is 5.92 Å². The molecule has 138 valence electrons. The van der Waals surface area contributed by atoms with E-state index in [1.54, 1.807) is 0 Å². The number of aromatic nitrogens is 4. The molecule has 2 atom stereocenters. The maximum absolute atomic E-state index is 4.66. The predicted molar refractivity (Wildman–Crippen MR) is 105 cm³/mol. The molecule has 2 aromatic heterocycles. The van der Waals surface area contributed by atoms with Crippen molar-refractivity contribution in [3.05, 3.63) is 36.2 Å². The normalized spacial score (nSPS) is 22.3. The van der Waals surface area contributed by atoms with Gasteiger partial charge < -0.3 is 4.90 Å². The van der Waals surface area contributed by atoms with Gasteiger partial charge in [-0.2, -0.15) is 0 Å². The van der Waals surface area contributed by atoms with E-state index in [1.165, 1.54) is 37.7 Å². The molecule has 1 aliphatic heterocycles. The molecule has 2 unspecified atom stereocenters. The summed E-state index contributed by atoms with van der Waals surface area (Å²) >= 11 is 0. The van der Waals surface area contributed by atoms with Crippen molar-refractivity contribution in [1.29, 1.82) is 0 Å². The van der Waals surface area contributed by atoms with E-state index in [4.69, 9.17) is 0 Å². The molecule has 5 nitrogen and oxygen atoms in total. The Morgan fingerprint density at radius 2 is 2.08 bits per heavy atom. The number of anilines is 1. The zero-order valence-electron chi connectivity index (χ0n) is 15.9. The summed E-state index contributed by atoms with van der Waals surface area (Å²) in [6, 6.07) is 4.70. The van der Waals surface area contributed by atoms with Crippen molar-refractivity contribution >= 4 is 5.95 Å². The van der Waals surface area contributed by atoms with Gasteiger partial charge >= 0.3 is 0 Å². The molecule has 0 radical (unpaired) electrons. The third-order valence-electron chi connectivity index (χ3n) is 5.81. The lowest BCUT2D eigenvalue weighted by Crippen LogP contribution is -2.44. The Morgan fingerprint density at radius 1 is 1.19 bits per heavy atom. The zero-order chi connectivity index (χ0) is 17.9. The van der Waals surface area contributed by atoms with Crippen LogP contribution >= 0.6 is 0 Å². The second kappa shape index (κ2) is 7.60. The molecule has 0 aromatic carbocycles. The van der Waals surface area contributed by atoms with Gasteiger partial charge in [-0.15, -0.1) is 10.2 Å². The van der Waals surface area contributed by atoms with E-state index in [9.17, 15) is 0 Å². The highest BCUT2D eigenvalue weighted by Crippen LogP contribution is 2.39. The van der Waals surface area contributed by atoms with E-state index >= 15 is 0 Å². The molecule has 3 heterocycles. The SMILES string of the molecule is CC(C)=CCCn1c(-c2cccnc2)nnc1N1CCCC2CCCC21. The second-order valence-electron chi connectivity index (χ2n) is 7.88. The van der Waals surface area contributed by atoms with Crippen molar-refractivity contribution in [2.45, 2.75) is 65.0 Å². The van der Waals surface area contributed by atoms with Crippen molar-refractivity contribution < 1.29 is 0 Å². The molecular weight excluding hydrogens is 322 g/mol. The molecule has 0 amide bonds. The van der Waals surface area contributed by atoms with Crippen LogP contribution in [0.3, 0.4) is 0 Å². The molecule has 0 spiro atoms. The average molecular weight is 351 g/mol. The van der Waals surface area contributed by atoms with E-state index in [-0.39, 0.29) is 0 Å². The number of piperidine rings is 1. The molecule has 2 aliphatic rings. The van der Waals surface area contributed by atoms with Gasteiger partial charge in [0, 0.05) is 37.1 Å². The van der Waals surface area contributed by atoms with Gasteiger partial charge in [0.1, 0.15) is 0 Å². The van der Waals surface area contributed by atoms with Crippen molar-refractivity contribution in [2.24, 2.45) is 5.92 Å². The van der Waals surface area contributed by atoms with Crippen molar-refractivity contribution in [2.75, 3.05) is 11.4 Å². The first-order valence-electron chi connectivity index (χ1n) is 9.97. The van der Waals surface area contributed by atoms with E-state index in [2.05, 4.69) is 50.6 Å². The summed E-state index contributed by atoms with van der Waals surface area (Å²) in [7, 11) is 0. The smallest absolute Gasteiger partial charge is 0.227 e. The first-order chi connectivity index (χ1) is 12.7. The van der Waals surface area contributed by atoms with Crippen LogP contribution in [0.4, 0.5) is 5.95 Å². The standard InChI is InChI=1S/C21H29N5/c1-16(2)7-5-14-26-20(18-9-4-12-22-15-18)23-24-21(26)25-13-6-10-17-8-3-11-19(17)25/h4,7,9,12,15,17,19H,3,5-6,8,10-11,13-14H2,1-2H3. The number of hydrogen-bond donors (Lipinski definition) is 0. The van der Waals surface area contributed by atoms with Crippen LogP contribution < -0.4 is 4.90 Å². The van der Waals surface area contributed by atoms with Crippen LogP contribution in [0.5, 0.6) is 0 Å². The molecule has 2 aromatic rings. The van der Waals surface area contributed by atoms with Crippen molar-refractivity contribution in [3.63, 3.8) is 0 Å². The number of nitrogens with zero attached hydrogens (tertiary/aromatic N) is 5. The van der Waals surface area contributed by atoms with Crippen LogP contribution in [0.15, 0.2) is 36.2 Å². The highest BCUT2D eigenvalue weighted by atomic mass is 15.4. The summed E-state index contributed by atoms with van der Waals surface area (Å²) in [4.78, 5) is 6.83. The van der Waals surface area contributed by atoms with Gasteiger partial charge in [-0.05, 0) is 64.0 Å². The Bertz CT molecular complexity index is 760. The topological polar surface area (TPSA) is 46.8 Å². The third-order valence-corrected chi connectivity index (χ3v) is 5.81. The quantitative estimate of drug-likeness (QED) is 0.746. The van der Waals surface area contributed by atoms with Gasteiger partial charge in [-0.1, -0.05) is 18.1 Å². The van der Waals surface area contributed by atoms with Gasteiger partial charge in [0.15, 0.2) is 5.82 Å². The Hall–Kier alpha value is -2.17. The highest BCUT2D eigenvalue weighted by molar-refractivity contribution is 5.56. The van der Waals surface area contributed by atoms with Gasteiger partial charge in [0.2, 0.25) is 5.95 Å². The van der Waals surface area contributed by atoms with E-state index < -0.39 is 0 Å². The molecule has 26 heavy (non-hydrogen) atoms. The summed E-state index contributed by atoms with van der Waals surface area (Å²) < 4.78 is 2.32. The molecule has 0 N–H and O–H groups in total. The predicted octanol–water partition coefficient (Wildman–Crippen LogP) is 4.47. The summed E-state index contributed by atoms with van der Waals surface area (Å²) in [5, 5.41) is 9.25. The van der Waals surface area contributed by atoms with E-state index in [0.717, 1.165) is 42.8 Å². The first kappa shape index (κ1) is 17.3. The van der Waals surface area contributed by atoms with Crippen LogP contribution in [0.1, 0.15) is 52.4 Å². The average Bonchev–Trinajstić information content (AvgIpc) is 3.29. The van der Waals surface area contributed by atoms with Crippen LogP contribution in [0.2, 0.25) is 0 Å². The summed E-state index contributed by atoms with van der Waals surface area (Å²) in [5.74, 6) is 2.84. The summed E-state index contributed by atoms with van der Waals surface area (Å²) in [6.45, 7) is 6.33. The number of pyridine rings is 1. The summed E-state index contributed by atoms with van der Waals surface area (Å²) in [6.07, 6.45) is 13.7. The largest absolute Gasteiger partial charge is 0.338 e. The lowest BCUT2D eigenvalue weighted by atomic mass is 9.92. The fourth-order valence-electron chi connectivity index (χ4n) is 4.61. The van der Waals surface area contributed by atoms with Crippen molar-refractivity contribution in [1.82, 2.24) is 19.7 Å². The molecular formula is C21H29N5. The zero-order valence-corrected chi connectivity index (χ0v) is 15.9. The molecule has 0 bridgehead atoms. The number of rotatable bonds is 5. The second-order valence-corrected chi connectivity index (χ2v) is 7.88. The van der Waals surface area contributed by atoms with Crippen molar-refractivity contribution in [3.8, 4) is 11.4 Å². The first-order valence-corrected chi connectivity index (χ1v) is 9.97. The lowest BCUT2D eigenvalue weighted by molar-refractivity contribution is 0.355. The molecule has 1 saturated heterocycles. The minimum absolute atomic E-state index is 0.650. The van der Waals surface area contributed by atoms with Gasteiger partial charge in [0.05, 0.1) is 0 Å². The Morgan fingerprint density at radius 3 is 2.88 bits per heavy atom. The highest BCUT2D eigenvalue weighted by Gasteiger charge is 2.37. The Labute approximate surface area is 156 Å². The molecule has 4 rings (SSSR count). The lowest BCUT2D eigenvalue weighted by Gasteiger charge is -2.38. The molecule has 5 heteroatoms. The van der Waals surface area contributed by atoms with E-state index in [0.29, 0.717) is 6.04 Å². The molecule has 2 fully saturated rings. The fraction of sp³-hybridized carbons (Fsp3) is 0.571. The Balaban J connectivity index is 1.69. The Kier molecular flexibility index (Phi) is 5.05. The van der Waals surface area contributed by atoms with Gasteiger partial charge in [-0.3, -0.25) is 9.55 Å². The van der Waals surface area contributed by atoms with Gasteiger partial charge in [0.25, 0.3) is 0 Å². The number of hydrogen-bond acceptors (Lipinski definition) is 4. The van der Waals surface area contributed by atoms with Gasteiger partial charge in [-0.25, -0.2) is 0 Å². The van der Waals surface area contributed by atoms with E-state index in [1.807, 2.05) is 18.5 Å². The summed E-state index contributed by atoms with van der Waals surface area (Å²) in [5.41, 5.74) is 2.40. The number of allylic oxidation sites excluding steroid dienone is 2. The van der Waals surface area contributed by atoms with Crippen LogP contribution in [0.25, 0.3) is 11.4 Å². The minimum Gasteiger partial charge on any atom is -0.338 e. The third kappa shape index (κ3) is 3.39. The minimum atomic E-state index is 0.650. The maximum atomic E-state index is 4.66.